The van der Waals surface area contributed by atoms with Crippen LogP contribution in [0.1, 0.15) is 51.3 Å². The monoisotopic (exact) mass is 444 g/mol. The number of benzene rings is 2. The predicted molar refractivity (Wildman–Crippen MR) is 130 cm³/mol. The van der Waals surface area contributed by atoms with Gasteiger partial charge in [-0.05, 0) is 37.5 Å². The van der Waals surface area contributed by atoms with Gasteiger partial charge in [-0.2, -0.15) is 0 Å². The molecule has 0 aliphatic heterocycles. The zero-order valence-electron chi connectivity index (χ0n) is 19.3. The Morgan fingerprint density at radius 3 is 2.16 bits per heavy atom. The quantitative estimate of drug-likeness (QED) is 0.387. The number of nitrogens with zero attached hydrogens (tertiary/aromatic N) is 1. The third-order valence-electron chi connectivity index (χ3n) is 4.81. The summed E-state index contributed by atoms with van der Waals surface area (Å²) >= 11 is 0. The second kappa shape index (κ2) is 11.3. The number of hydrogen-bond donors (Lipinski definition) is 3. The lowest BCUT2D eigenvalue weighted by atomic mass is 9.85. The fourth-order valence-electron chi connectivity index (χ4n) is 3.17. The molecule has 0 amide bonds. The first-order valence-corrected chi connectivity index (χ1v) is 12.4. The van der Waals surface area contributed by atoms with Crippen LogP contribution >= 0.6 is 0 Å². The van der Waals surface area contributed by atoms with Gasteiger partial charge in [0.15, 0.2) is 5.96 Å². The maximum Gasteiger partial charge on any atom is 0.216 e. The Balaban J connectivity index is 1.98. The van der Waals surface area contributed by atoms with Gasteiger partial charge < -0.3 is 10.6 Å². The molecule has 2 rings (SSSR count). The highest BCUT2D eigenvalue weighted by Crippen LogP contribution is 2.21. The molecule has 0 bridgehead atoms. The highest BCUT2D eigenvalue weighted by atomic mass is 32.2. The molecular weight excluding hydrogens is 408 g/mol. The summed E-state index contributed by atoms with van der Waals surface area (Å²) < 4.78 is 26.8. The lowest BCUT2D eigenvalue weighted by Gasteiger charge is -2.26. The molecule has 0 unspecified atom stereocenters. The van der Waals surface area contributed by atoms with E-state index < -0.39 is 10.0 Å². The molecule has 0 saturated heterocycles. The minimum atomic E-state index is -3.32. The summed E-state index contributed by atoms with van der Waals surface area (Å²) in [4.78, 5) is 4.69. The van der Waals surface area contributed by atoms with E-state index in [0.29, 0.717) is 6.54 Å². The Morgan fingerprint density at radius 2 is 1.58 bits per heavy atom. The van der Waals surface area contributed by atoms with Crippen molar-refractivity contribution in [3.05, 3.63) is 71.3 Å². The van der Waals surface area contributed by atoms with Crippen molar-refractivity contribution in [1.29, 1.82) is 0 Å². The summed E-state index contributed by atoms with van der Waals surface area (Å²) in [5.74, 6) is 0.743. The number of hydrogen-bond acceptors (Lipinski definition) is 3. The number of sulfonamides is 1. The molecule has 0 atom stereocenters. The third kappa shape index (κ3) is 8.71. The molecule has 2 aromatic rings. The Kier molecular flexibility index (Phi) is 9.07. The maximum absolute atomic E-state index is 12.1. The van der Waals surface area contributed by atoms with Gasteiger partial charge in [0.25, 0.3) is 0 Å². The average molecular weight is 445 g/mol. The van der Waals surface area contributed by atoms with Crippen molar-refractivity contribution < 1.29 is 8.42 Å². The molecule has 2 aromatic carbocycles. The number of nitrogens with one attached hydrogen (secondary N) is 3. The molecule has 0 aliphatic rings. The Bertz CT molecular complexity index is 937. The van der Waals surface area contributed by atoms with E-state index in [1.807, 2.05) is 51.1 Å². The van der Waals surface area contributed by atoms with Gasteiger partial charge in [-0.3, -0.25) is 0 Å². The van der Waals surface area contributed by atoms with Gasteiger partial charge in [0.2, 0.25) is 10.0 Å². The molecule has 0 aliphatic carbocycles. The van der Waals surface area contributed by atoms with E-state index in [2.05, 4.69) is 58.5 Å². The van der Waals surface area contributed by atoms with E-state index in [1.165, 1.54) is 5.56 Å². The third-order valence-corrected chi connectivity index (χ3v) is 6.36. The zero-order valence-corrected chi connectivity index (χ0v) is 20.1. The summed E-state index contributed by atoms with van der Waals surface area (Å²) in [6.07, 6.45) is 0. The summed E-state index contributed by atoms with van der Waals surface area (Å²) in [6.45, 7) is 12.1. The van der Waals surface area contributed by atoms with Crippen molar-refractivity contribution in [3.63, 3.8) is 0 Å². The van der Waals surface area contributed by atoms with Crippen LogP contribution in [0.15, 0.2) is 59.6 Å². The first-order valence-electron chi connectivity index (χ1n) is 10.8. The minimum absolute atomic E-state index is 0.0203. The van der Waals surface area contributed by atoms with Crippen molar-refractivity contribution in [2.45, 2.75) is 58.4 Å². The Labute approximate surface area is 187 Å². The normalized spacial score (nSPS) is 12.8. The molecule has 3 N–H and O–H groups in total. The highest BCUT2D eigenvalue weighted by Gasteiger charge is 2.20. The number of guanidine groups is 1. The number of aliphatic imine (C=N–C) groups is 1. The molecular formula is C24H36N4O2S. The summed E-state index contributed by atoms with van der Waals surface area (Å²) in [5.41, 5.74) is 3.03. The molecule has 0 radical (unpaired) electrons. The average Bonchev–Trinajstić information content (AvgIpc) is 2.70. The van der Waals surface area contributed by atoms with Crippen LogP contribution in [0.5, 0.6) is 0 Å². The summed E-state index contributed by atoms with van der Waals surface area (Å²) in [7, 11) is -3.32. The molecule has 0 aromatic heterocycles. The summed E-state index contributed by atoms with van der Waals surface area (Å²) in [5, 5.41) is 6.73. The fraction of sp³-hybridized carbons (Fsp3) is 0.458. The van der Waals surface area contributed by atoms with Crippen molar-refractivity contribution in [2.75, 3.05) is 13.1 Å². The van der Waals surface area contributed by atoms with E-state index in [9.17, 15) is 8.42 Å². The molecule has 31 heavy (non-hydrogen) atoms. The molecule has 6 nitrogen and oxygen atoms in total. The van der Waals surface area contributed by atoms with E-state index in [-0.39, 0.29) is 17.2 Å². The van der Waals surface area contributed by atoms with Crippen LogP contribution in [-0.2, 0) is 27.7 Å². The Morgan fingerprint density at radius 1 is 0.968 bits per heavy atom. The highest BCUT2D eigenvalue weighted by molar-refractivity contribution is 7.88. The van der Waals surface area contributed by atoms with Crippen molar-refractivity contribution in [2.24, 2.45) is 4.99 Å². The molecule has 0 fully saturated rings. The molecule has 7 heteroatoms. The van der Waals surface area contributed by atoms with E-state index in [0.717, 1.165) is 30.2 Å². The van der Waals surface area contributed by atoms with Gasteiger partial charge in [0, 0.05) is 24.5 Å². The molecule has 0 saturated carbocycles. The van der Waals surface area contributed by atoms with Crippen LogP contribution in [0.2, 0.25) is 0 Å². The largest absolute Gasteiger partial charge is 0.357 e. The molecule has 0 spiro atoms. The van der Waals surface area contributed by atoms with Crippen molar-refractivity contribution in [3.8, 4) is 0 Å². The van der Waals surface area contributed by atoms with Crippen molar-refractivity contribution in [1.82, 2.24) is 15.4 Å². The predicted octanol–water partition coefficient (Wildman–Crippen LogP) is 3.55. The second-order valence-electron chi connectivity index (χ2n) is 8.65. The van der Waals surface area contributed by atoms with Crippen LogP contribution in [0.3, 0.4) is 0 Å². The Hall–Kier alpha value is -2.38. The van der Waals surface area contributed by atoms with Gasteiger partial charge >= 0.3 is 0 Å². The lowest BCUT2D eigenvalue weighted by Crippen LogP contribution is -2.43. The standard InChI is InChI=1S/C24H36N4O2S/c1-6-25-23(27-18-24(4,5)22-10-8-7-9-11-22)26-16-20-12-14-21(15-13-20)17-31(29,30)28-19(2)3/h7-15,19,28H,6,16-18H2,1-5H3,(H2,25,26,27). The van der Waals surface area contributed by atoms with E-state index in [4.69, 9.17) is 0 Å². The van der Waals surface area contributed by atoms with Crippen LogP contribution in [-0.4, -0.2) is 33.5 Å². The van der Waals surface area contributed by atoms with Crippen molar-refractivity contribution >= 4 is 16.0 Å². The lowest BCUT2D eigenvalue weighted by molar-refractivity contribution is 0.508. The van der Waals surface area contributed by atoms with Gasteiger partial charge in [-0.25, -0.2) is 18.1 Å². The first-order chi connectivity index (χ1) is 14.6. The number of rotatable bonds is 10. The fourth-order valence-corrected chi connectivity index (χ4v) is 4.60. The van der Waals surface area contributed by atoms with Crippen LogP contribution in [0, 0.1) is 0 Å². The van der Waals surface area contributed by atoms with E-state index >= 15 is 0 Å². The minimum Gasteiger partial charge on any atom is -0.357 e. The van der Waals surface area contributed by atoms with Gasteiger partial charge in [-0.15, -0.1) is 0 Å². The topological polar surface area (TPSA) is 82.6 Å². The van der Waals surface area contributed by atoms with Crippen LogP contribution in [0.4, 0.5) is 0 Å². The molecule has 0 heterocycles. The molecule has 170 valence electrons. The smallest absolute Gasteiger partial charge is 0.216 e. The van der Waals surface area contributed by atoms with Gasteiger partial charge in [0.05, 0.1) is 12.3 Å². The van der Waals surface area contributed by atoms with Crippen LogP contribution in [0.25, 0.3) is 0 Å². The second-order valence-corrected chi connectivity index (χ2v) is 10.4. The maximum atomic E-state index is 12.1. The van der Waals surface area contributed by atoms with Crippen LogP contribution < -0.4 is 15.4 Å². The summed E-state index contributed by atoms with van der Waals surface area (Å²) in [6, 6.07) is 17.9. The van der Waals surface area contributed by atoms with Gasteiger partial charge in [-0.1, -0.05) is 68.4 Å². The zero-order chi connectivity index (χ0) is 22.9. The first kappa shape index (κ1) is 24.9. The SMILES string of the molecule is CCNC(=NCc1ccc(CS(=O)(=O)NC(C)C)cc1)NCC(C)(C)c1ccccc1. The van der Waals surface area contributed by atoms with Gasteiger partial charge in [0.1, 0.15) is 0 Å². The van der Waals surface area contributed by atoms with E-state index in [1.54, 1.807) is 0 Å².